The molecule has 16 heavy (non-hydrogen) atoms. The lowest BCUT2D eigenvalue weighted by Crippen LogP contribution is -2.25. The molecule has 0 unspecified atom stereocenters. The van der Waals surface area contributed by atoms with Gasteiger partial charge in [0, 0.05) is 13.0 Å². The average Bonchev–Trinajstić information content (AvgIpc) is 2.24. The zero-order valence-corrected chi connectivity index (χ0v) is 9.29. The van der Waals surface area contributed by atoms with Crippen molar-refractivity contribution in [2.45, 2.75) is 19.8 Å². The lowest BCUT2D eigenvalue weighted by atomic mass is 10.1. The van der Waals surface area contributed by atoms with Crippen LogP contribution in [0, 0.1) is 11.8 Å². The Hall–Kier alpha value is -1.95. The number of nitrogens with one attached hydrogen (secondary N) is 1. The summed E-state index contributed by atoms with van der Waals surface area (Å²) in [7, 11) is 0. The number of hydrogen-bond acceptors (Lipinski definition) is 2. The van der Waals surface area contributed by atoms with Crippen LogP contribution in [-0.2, 0) is 11.2 Å². The zero-order valence-electron chi connectivity index (χ0n) is 9.29. The van der Waals surface area contributed by atoms with Crippen LogP contribution in [0.2, 0.25) is 0 Å². The van der Waals surface area contributed by atoms with E-state index in [1.165, 1.54) is 0 Å². The van der Waals surface area contributed by atoms with E-state index in [0.717, 1.165) is 5.56 Å². The van der Waals surface area contributed by atoms with Gasteiger partial charge in [0.25, 0.3) is 0 Å². The van der Waals surface area contributed by atoms with Crippen LogP contribution in [-0.4, -0.2) is 17.6 Å². The van der Waals surface area contributed by atoms with Crippen LogP contribution in [0.4, 0.5) is 0 Å². The van der Waals surface area contributed by atoms with Crippen molar-refractivity contribution in [2.24, 2.45) is 0 Å². The van der Waals surface area contributed by atoms with Gasteiger partial charge in [0.2, 0.25) is 5.91 Å². The molecule has 0 aliphatic heterocycles. The van der Waals surface area contributed by atoms with Crippen LogP contribution in [0.25, 0.3) is 0 Å². The number of rotatable bonds is 4. The molecule has 1 aromatic carbocycles. The predicted molar refractivity (Wildman–Crippen MR) is 62.9 cm³/mol. The number of carbonyl (C=O) groups is 1. The largest absolute Gasteiger partial charge is 0.508 e. The fraction of sp³-hybridized carbons (Fsp3) is 0.308. The normalized spacial score (nSPS) is 9.06. The number of phenols is 1. The highest BCUT2D eigenvalue weighted by molar-refractivity contribution is 5.78. The molecule has 1 amide bonds. The first-order chi connectivity index (χ1) is 7.72. The van der Waals surface area contributed by atoms with Gasteiger partial charge >= 0.3 is 0 Å². The standard InChI is InChI=1S/C13H15NO2/c1-2-3-4-8-14-13(16)10-11-6-5-7-12(15)9-11/h5-7,9,15H,4,8,10H2,1H3,(H,14,16). The van der Waals surface area contributed by atoms with Crippen molar-refractivity contribution in [2.75, 3.05) is 6.54 Å². The first-order valence-electron chi connectivity index (χ1n) is 5.16. The first kappa shape index (κ1) is 12.1. The van der Waals surface area contributed by atoms with Gasteiger partial charge in [-0.25, -0.2) is 0 Å². The molecule has 0 radical (unpaired) electrons. The van der Waals surface area contributed by atoms with Gasteiger partial charge in [0.1, 0.15) is 5.75 Å². The topological polar surface area (TPSA) is 49.3 Å². The van der Waals surface area contributed by atoms with Gasteiger partial charge in [-0.1, -0.05) is 12.1 Å². The lowest BCUT2D eigenvalue weighted by Gasteiger charge is -2.03. The van der Waals surface area contributed by atoms with Gasteiger partial charge in [-0.05, 0) is 24.6 Å². The fourth-order valence-corrected chi connectivity index (χ4v) is 1.30. The maximum absolute atomic E-state index is 11.4. The third-order valence-electron chi connectivity index (χ3n) is 2.02. The van der Waals surface area contributed by atoms with Gasteiger partial charge in [-0.15, -0.1) is 11.8 Å². The molecule has 0 saturated heterocycles. The Morgan fingerprint density at radius 3 is 3.00 bits per heavy atom. The van der Waals surface area contributed by atoms with E-state index >= 15 is 0 Å². The number of aromatic hydroxyl groups is 1. The minimum Gasteiger partial charge on any atom is -0.508 e. The highest BCUT2D eigenvalue weighted by atomic mass is 16.3. The van der Waals surface area contributed by atoms with Gasteiger partial charge in [-0.3, -0.25) is 4.79 Å². The van der Waals surface area contributed by atoms with Crippen molar-refractivity contribution in [1.29, 1.82) is 0 Å². The van der Waals surface area contributed by atoms with Crippen LogP contribution in [0.15, 0.2) is 24.3 Å². The summed E-state index contributed by atoms with van der Waals surface area (Å²) in [5.41, 5.74) is 0.805. The molecule has 0 aromatic heterocycles. The molecule has 0 aliphatic rings. The summed E-state index contributed by atoms with van der Waals surface area (Å²) < 4.78 is 0. The van der Waals surface area contributed by atoms with Gasteiger partial charge in [0.15, 0.2) is 0 Å². The smallest absolute Gasteiger partial charge is 0.224 e. The Morgan fingerprint density at radius 2 is 2.31 bits per heavy atom. The molecule has 0 saturated carbocycles. The maximum Gasteiger partial charge on any atom is 0.224 e. The summed E-state index contributed by atoms with van der Waals surface area (Å²) in [6.07, 6.45) is 0.955. The lowest BCUT2D eigenvalue weighted by molar-refractivity contribution is -0.120. The Morgan fingerprint density at radius 1 is 1.50 bits per heavy atom. The van der Waals surface area contributed by atoms with E-state index in [1.54, 1.807) is 25.1 Å². The third-order valence-corrected chi connectivity index (χ3v) is 2.02. The molecule has 0 heterocycles. The molecule has 0 atom stereocenters. The maximum atomic E-state index is 11.4. The van der Waals surface area contributed by atoms with Crippen molar-refractivity contribution in [3.05, 3.63) is 29.8 Å². The predicted octanol–water partition coefficient (Wildman–Crippen LogP) is 1.46. The van der Waals surface area contributed by atoms with Gasteiger partial charge in [0.05, 0.1) is 6.42 Å². The molecule has 2 N–H and O–H groups in total. The van der Waals surface area contributed by atoms with Crippen LogP contribution in [0.5, 0.6) is 5.75 Å². The second kappa shape index (κ2) is 6.52. The van der Waals surface area contributed by atoms with E-state index in [2.05, 4.69) is 17.2 Å². The second-order valence-corrected chi connectivity index (χ2v) is 3.37. The number of amides is 1. The third kappa shape index (κ3) is 4.52. The summed E-state index contributed by atoms with van der Waals surface area (Å²) in [4.78, 5) is 11.4. The molecule has 3 heteroatoms. The van der Waals surface area contributed by atoms with E-state index in [4.69, 9.17) is 0 Å². The molecule has 84 valence electrons. The van der Waals surface area contributed by atoms with Crippen molar-refractivity contribution in [1.82, 2.24) is 5.32 Å². The summed E-state index contributed by atoms with van der Waals surface area (Å²) in [5.74, 6) is 5.77. The van der Waals surface area contributed by atoms with E-state index in [1.807, 2.05) is 6.07 Å². The average molecular weight is 217 g/mol. The molecule has 0 spiro atoms. The molecule has 3 nitrogen and oxygen atoms in total. The molecule has 0 aliphatic carbocycles. The van der Waals surface area contributed by atoms with Crippen molar-refractivity contribution >= 4 is 5.91 Å². The van der Waals surface area contributed by atoms with Crippen LogP contribution in [0.3, 0.4) is 0 Å². The summed E-state index contributed by atoms with van der Waals surface area (Å²) in [6, 6.07) is 6.70. The van der Waals surface area contributed by atoms with Crippen LogP contribution < -0.4 is 5.32 Å². The number of benzene rings is 1. The highest BCUT2D eigenvalue weighted by Crippen LogP contribution is 2.10. The first-order valence-corrected chi connectivity index (χ1v) is 5.16. The number of hydrogen-bond donors (Lipinski definition) is 2. The molecule has 0 fully saturated rings. The quantitative estimate of drug-likeness (QED) is 0.592. The van der Waals surface area contributed by atoms with Crippen molar-refractivity contribution < 1.29 is 9.90 Å². The SMILES string of the molecule is CC#CCCNC(=O)Cc1cccc(O)c1. The second-order valence-electron chi connectivity index (χ2n) is 3.37. The highest BCUT2D eigenvalue weighted by Gasteiger charge is 2.02. The Balaban J connectivity index is 2.36. The minimum atomic E-state index is -0.0523. The van der Waals surface area contributed by atoms with E-state index in [9.17, 15) is 9.90 Å². The molecule has 1 aromatic rings. The molecule has 1 rings (SSSR count). The summed E-state index contributed by atoms with van der Waals surface area (Å²) in [5, 5.41) is 12.0. The van der Waals surface area contributed by atoms with E-state index in [0.29, 0.717) is 13.0 Å². The Labute approximate surface area is 95.5 Å². The fourth-order valence-electron chi connectivity index (χ4n) is 1.30. The molecule has 0 bridgehead atoms. The van der Waals surface area contributed by atoms with E-state index in [-0.39, 0.29) is 18.1 Å². The van der Waals surface area contributed by atoms with Crippen molar-refractivity contribution in [3.63, 3.8) is 0 Å². The summed E-state index contributed by atoms with van der Waals surface area (Å²) in [6.45, 7) is 2.34. The Kier molecular flexibility index (Phi) is 4.94. The van der Waals surface area contributed by atoms with Gasteiger partial charge in [-0.2, -0.15) is 0 Å². The monoisotopic (exact) mass is 217 g/mol. The summed E-state index contributed by atoms with van der Waals surface area (Å²) >= 11 is 0. The zero-order chi connectivity index (χ0) is 11.8. The minimum absolute atomic E-state index is 0.0523. The van der Waals surface area contributed by atoms with Crippen LogP contribution >= 0.6 is 0 Å². The molecular weight excluding hydrogens is 202 g/mol. The molecular formula is C13H15NO2. The van der Waals surface area contributed by atoms with Crippen molar-refractivity contribution in [3.8, 4) is 17.6 Å². The Bertz CT molecular complexity index is 415. The number of phenolic OH excluding ortho intramolecular Hbond substituents is 1. The van der Waals surface area contributed by atoms with Crippen LogP contribution in [0.1, 0.15) is 18.9 Å². The number of carbonyl (C=O) groups excluding carboxylic acids is 1. The van der Waals surface area contributed by atoms with E-state index < -0.39 is 0 Å². The van der Waals surface area contributed by atoms with Gasteiger partial charge < -0.3 is 10.4 Å².